The van der Waals surface area contributed by atoms with Crippen LogP contribution in [-0.4, -0.2) is 25.7 Å². The third-order valence-electron chi connectivity index (χ3n) is 4.09. The molecule has 0 atom stereocenters. The molecule has 2 aromatic rings. The van der Waals surface area contributed by atoms with Gasteiger partial charge in [0.1, 0.15) is 30.6 Å². The lowest BCUT2D eigenvalue weighted by Crippen LogP contribution is -2.12. The van der Waals surface area contributed by atoms with Crippen LogP contribution in [0.3, 0.4) is 0 Å². The van der Waals surface area contributed by atoms with Gasteiger partial charge in [-0.2, -0.15) is 5.26 Å². The third-order valence-corrected chi connectivity index (χ3v) is 4.09. The van der Waals surface area contributed by atoms with E-state index in [-0.39, 0.29) is 5.57 Å². The zero-order valence-corrected chi connectivity index (χ0v) is 17.0. The first-order valence-corrected chi connectivity index (χ1v) is 9.51. The zero-order valence-electron chi connectivity index (χ0n) is 17.0. The monoisotopic (exact) mass is 394 g/mol. The molecule has 0 aliphatic rings. The fourth-order valence-corrected chi connectivity index (χ4v) is 2.75. The molecule has 29 heavy (non-hydrogen) atoms. The Bertz CT molecular complexity index is 929. The predicted molar refractivity (Wildman–Crippen MR) is 112 cm³/mol. The minimum Gasteiger partial charge on any atom is -0.490 e. The van der Waals surface area contributed by atoms with Gasteiger partial charge in [0.15, 0.2) is 11.5 Å². The zero-order chi connectivity index (χ0) is 21.2. The van der Waals surface area contributed by atoms with Crippen LogP contribution in [0.5, 0.6) is 17.2 Å². The van der Waals surface area contributed by atoms with Gasteiger partial charge in [0.2, 0.25) is 0 Å². The maximum Gasteiger partial charge on any atom is 0.259 e. The fourth-order valence-electron chi connectivity index (χ4n) is 2.75. The summed E-state index contributed by atoms with van der Waals surface area (Å²) in [6.07, 6.45) is 2.37. The maximum absolute atomic E-state index is 11.2. The van der Waals surface area contributed by atoms with E-state index in [0.717, 1.165) is 17.7 Å². The number of nitriles is 1. The largest absolute Gasteiger partial charge is 0.490 e. The van der Waals surface area contributed by atoms with Crippen molar-refractivity contribution in [3.8, 4) is 23.3 Å². The summed E-state index contributed by atoms with van der Waals surface area (Å²) in [5.74, 6) is 1.13. The number of rotatable bonds is 10. The summed E-state index contributed by atoms with van der Waals surface area (Å²) in [6.45, 7) is 7.20. The molecule has 0 aliphatic heterocycles. The lowest BCUT2D eigenvalue weighted by atomic mass is 10.1. The van der Waals surface area contributed by atoms with Crippen LogP contribution >= 0.6 is 0 Å². The third kappa shape index (κ3) is 6.58. The van der Waals surface area contributed by atoms with Gasteiger partial charge in [-0.3, -0.25) is 4.79 Å². The number of carbonyl (C=O) groups is 1. The molecule has 1 amide bonds. The highest BCUT2D eigenvalue weighted by molar-refractivity contribution is 6.00. The lowest BCUT2D eigenvalue weighted by molar-refractivity contribution is -0.114. The van der Waals surface area contributed by atoms with Crippen molar-refractivity contribution >= 4 is 12.0 Å². The summed E-state index contributed by atoms with van der Waals surface area (Å²) in [5, 5.41) is 8.98. The first-order valence-electron chi connectivity index (χ1n) is 9.51. The van der Waals surface area contributed by atoms with Crippen molar-refractivity contribution in [1.82, 2.24) is 0 Å². The van der Waals surface area contributed by atoms with E-state index in [9.17, 15) is 4.79 Å². The van der Waals surface area contributed by atoms with Gasteiger partial charge in [-0.25, -0.2) is 0 Å². The Morgan fingerprint density at radius 2 is 1.83 bits per heavy atom. The van der Waals surface area contributed by atoms with Crippen LogP contribution in [0.25, 0.3) is 6.08 Å². The molecule has 0 saturated heterocycles. The van der Waals surface area contributed by atoms with Crippen molar-refractivity contribution < 1.29 is 19.0 Å². The number of nitrogens with zero attached hydrogens (tertiary/aromatic N) is 1. The second-order valence-corrected chi connectivity index (χ2v) is 6.38. The number of aryl methyl sites for hydroxylation is 2. The Morgan fingerprint density at radius 3 is 2.48 bits per heavy atom. The van der Waals surface area contributed by atoms with Crippen LogP contribution < -0.4 is 19.9 Å². The van der Waals surface area contributed by atoms with Crippen molar-refractivity contribution in [3.05, 3.63) is 58.7 Å². The molecule has 152 valence electrons. The van der Waals surface area contributed by atoms with Crippen molar-refractivity contribution in [3.63, 3.8) is 0 Å². The molecule has 0 fully saturated rings. The number of hydrogen-bond donors (Lipinski definition) is 1. The topological polar surface area (TPSA) is 94.6 Å². The van der Waals surface area contributed by atoms with E-state index in [1.165, 1.54) is 11.6 Å². The molecule has 6 nitrogen and oxygen atoms in total. The number of ether oxygens (including phenoxy) is 3. The smallest absolute Gasteiger partial charge is 0.259 e. The van der Waals surface area contributed by atoms with Crippen LogP contribution in [0.2, 0.25) is 0 Å². The van der Waals surface area contributed by atoms with Crippen LogP contribution in [0.4, 0.5) is 0 Å². The molecular formula is C23H26N2O4. The van der Waals surface area contributed by atoms with Gasteiger partial charge in [-0.15, -0.1) is 0 Å². The molecule has 2 N–H and O–H groups in total. The van der Waals surface area contributed by atoms with Gasteiger partial charge < -0.3 is 19.9 Å². The number of nitrogens with two attached hydrogens (primary N) is 1. The predicted octanol–water partition coefficient (Wildman–Crippen LogP) is 3.81. The summed E-state index contributed by atoms with van der Waals surface area (Å²) in [6, 6.07) is 13.1. The molecule has 0 saturated carbocycles. The van der Waals surface area contributed by atoms with Gasteiger partial charge in [0, 0.05) is 0 Å². The Kier molecular flexibility index (Phi) is 8.11. The SMILES string of the molecule is CCOc1cc(C=C(C#N)C(N)=O)ccc1OCCOc1cc(C)cc(CC)c1. The first kappa shape index (κ1) is 21.8. The Morgan fingerprint density at radius 1 is 1.07 bits per heavy atom. The fraction of sp³-hybridized carbons (Fsp3) is 0.304. The average molecular weight is 394 g/mol. The molecule has 0 unspecified atom stereocenters. The number of amides is 1. The van der Waals surface area contributed by atoms with E-state index < -0.39 is 5.91 Å². The molecular weight excluding hydrogens is 368 g/mol. The van der Waals surface area contributed by atoms with Gasteiger partial charge in [-0.1, -0.05) is 19.1 Å². The van der Waals surface area contributed by atoms with Crippen molar-refractivity contribution in [2.75, 3.05) is 19.8 Å². The molecule has 0 heterocycles. The van der Waals surface area contributed by atoms with Crippen molar-refractivity contribution in [2.24, 2.45) is 5.73 Å². The van der Waals surface area contributed by atoms with E-state index in [1.54, 1.807) is 24.3 Å². The lowest BCUT2D eigenvalue weighted by Gasteiger charge is -2.14. The van der Waals surface area contributed by atoms with Gasteiger partial charge in [-0.05, 0) is 67.3 Å². The normalized spacial score (nSPS) is 10.9. The van der Waals surface area contributed by atoms with Gasteiger partial charge in [0.05, 0.1) is 6.61 Å². The molecule has 0 aliphatic carbocycles. The van der Waals surface area contributed by atoms with E-state index in [2.05, 4.69) is 13.0 Å². The number of carbonyl (C=O) groups excluding carboxylic acids is 1. The summed E-state index contributed by atoms with van der Waals surface area (Å²) in [7, 11) is 0. The molecule has 0 spiro atoms. The number of primary amides is 1. The number of benzene rings is 2. The minimum absolute atomic E-state index is 0.126. The summed E-state index contributed by atoms with van der Waals surface area (Å²) < 4.78 is 17.2. The van der Waals surface area contributed by atoms with Crippen LogP contribution in [-0.2, 0) is 11.2 Å². The highest BCUT2D eigenvalue weighted by atomic mass is 16.5. The van der Waals surface area contributed by atoms with E-state index in [0.29, 0.717) is 36.9 Å². The summed E-state index contributed by atoms with van der Waals surface area (Å²) in [4.78, 5) is 11.2. The maximum atomic E-state index is 11.2. The Balaban J connectivity index is 2.04. The number of hydrogen-bond acceptors (Lipinski definition) is 5. The highest BCUT2D eigenvalue weighted by Gasteiger charge is 2.09. The summed E-state index contributed by atoms with van der Waals surface area (Å²) in [5.41, 5.74) is 8.07. The second-order valence-electron chi connectivity index (χ2n) is 6.38. The molecule has 6 heteroatoms. The average Bonchev–Trinajstić information content (AvgIpc) is 2.70. The van der Waals surface area contributed by atoms with Gasteiger partial charge in [0.25, 0.3) is 5.91 Å². The highest BCUT2D eigenvalue weighted by Crippen LogP contribution is 2.29. The van der Waals surface area contributed by atoms with Crippen molar-refractivity contribution in [1.29, 1.82) is 5.26 Å². The Labute approximate surface area is 171 Å². The molecule has 0 aromatic heterocycles. The molecule has 2 rings (SSSR count). The first-order chi connectivity index (χ1) is 14.0. The minimum atomic E-state index is -0.773. The molecule has 0 bridgehead atoms. The van der Waals surface area contributed by atoms with E-state index >= 15 is 0 Å². The van der Waals surface area contributed by atoms with Crippen molar-refractivity contribution in [2.45, 2.75) is 27.2 Å². The quantitative estimate of drug-likeness (QED) is 0.376. The van der Waals surface area contributed by atoms with Crippen LogP contribution in [0, 0.1) is 18.3 Å². The standard InChI is InChI=1S/C23H26N2O4/c1-4-17-10-16(3)11-20(13-17)28-8-9-29-21-7-6-18(14-22(21)27-5-2)12-19(15-24)23(25)26/h6-7,10-14H,4-5,8-9H2,1-3H3,(H2,25,26). The summed E-state index contributed by atoms with van der Waals surface area (Å²) >= 11 is 0. The van der Waals surface area contributed by atoms with Gasteiger partial charge >= 0.3 is 0 Å². The van der Waals surface area contributed by atoms with Crippen LogP contribution in [0.1, 0.15) is 30.5 Å². The molecule has 0 radical (unpaired) electrons. The van der Waals surface area contributed by atoms with Crippen LogP contribution in [0.15, 0.2) is 42.0 Å². The Hall–Kier alpha value is -3.46. The molecule has 2 aromatic carbocycles. The van der Waals surface area contributed by atoms with E-state index in [4.69, 9.17) is 25.2 Å². The second kappa shape index (κ2) is 10.8. The van der Waals surface area contributed by atoms with E-state index in [1.807, 2.05) is 26.0 Å².